The lowest BCUT2D eigenvalue weighted by Gasteiger charge is -2.01. The van der Waals surface area contributed by atoms with Crippen molar-refractivity contribution < 1.29 is 9.90 Å². The van der Waals surface area contributed by atoms with Crippen LogP contribution in [0.3, 0.4) is 0 Å². The van der Waals surface area contributed by atoms with Crippen LogP contribution in [0.15, 0.2) is 16.9 Å². The number of carboxylic acid groups (broad SMARTS) is 1. The lowest BCUT2D eigenvalue weighted by atomic mass is 10.1. The molecule has 0 bridgehead atoms. The maximum Gasteiger partial charge on any atom is 0.337 e. The van der Waals surface area contributed by atoms with E-state index in [1.54, 1.807) is 0 Å². The van der Waals surface area contributed by atoms with E-state index < -0.39 is 5.97 Å². The van der Waals surface area contributed by atoms with Crippen LogP contribution in [-0.4, -0.2) is 20.6 Å². The van der Waals surface area contributed by atoms with Crippen LogP contribution in [0.25, 0.3) is 11.0 Å². The number of H-pyrrole nitrogens is 1. The highest BCUT2D eigenvalue weighted by Gasteiger charge is 2.14. The van der Waals surface area contributed by atoms with Gasteiger partial charge in [-0.3, -0.25) is 4.57 Å². The Balaban J connectivity index is 3.01. The van der Waals surface area contributed by atoms with Crippen LogP contribution < -0.4 is 11.4 Å². The Morgan fingerprint density at radius 1 is 1.53 bits per heavy atom. The van der Waals surface area contributed by atoms with E-state index in [1.165, 1.54) is 23.7 Å². The molecule has 2 aromatic rings. The van der Waals surface area contributed by atoms with Gasteiger partial charge in [-0.2, -0.15) is 0 Å². The standard InChI is InChI=1S/C9H9N3O3/c1-12-7-5(8(13)14)2-4(10)3-6(7)11-9(12)15/h2-3H,10H2,1H3,(H,11,15)(H,13,14). The van der Waals surface area contributed by atoms with Crippen LogP contribution >= 0.6 is 0 Å². The van der Waals surface area contributed by atoms with Crippen LogP contribution in [0.1, 0.15) is 10.4 Å². The molecule has 0 aliphatic carbocycles. The van der Waals surface area contributed by atoms with Crippen molar-refractivity contribution >= 4 is 22.7 Å². The summed E-state index contributed by atoms with van der Waals surface area (Å²) in [4.78, 5) is 24.8. The maximum atomic E-state index is 11.3. The summed E-state index contributed by atoms with van der Waals surface area (Å²) in [5.74, 6) is -1.11. The van der Waals surface area contributed by atoms with Crippen molar-refractivity contribution in [1.82, 2.24) is 9.55 Å². The van der Waals surface area contributed by atoms with Crippen LogP contribution in [0, 0.1) is 0 Å². The Morgan fingerprint density at radius 3 is 2.80 bits per heavy atom. The van der Waals surface area contributed by atoms with E-state index >= 15 is 0 Å². The number of aromatic amines is 1. The number of rotatable bonds is 1. The van der Waals surface area contributed by atoms with Gasteiger partial charge in [0.25, 0.3) is 0 Å². The molecular formula is C9H9N3O3. The number of nitrogen functional groups attached to an aromatic ring is 1. The van der Waals surface area contributed by atoms with E-state index in [2.05, 4.69) is 4.98 Å². The van der Waals surface area contributed by atoms with E-state index in [4.69, 9.17) is 10.8 Å². The molecule has 0 unspecified atom stereocenters. The predicted molar refractivity (Wildman–Crippen MR) is 54.9 cm³/mol. The van der Waals surface area contributed by atoms with E-state index in [-0.39, 0.29) is 11.3 Å². The molecule has 6 heteroatoms. The van der Waals surface area contributed by atoms with Crippen molar-refractivity contribution in [1.29, 1.82) is 0 Å². The molecule has 0 spiro atoms. The van der Waals surface area contributed by atoms with Crippen molar-refractivity contribution in [2.45, 2.75) is 0 Å². The van der Waals surface area contributed by atoms with Crippen LogP contribution in [0.5, 0.6) is 0 Å². The zero-order valence-electron chi connectivity index (χ0n) is 7.94. The third-order valence-corrected chi connectivity index (χ3v) is 2.24. The first kappa shape index (κ1) is 9.32. The number of nitrogens with zero attached hydrogens (tertiary/aromatic N) is 1. The van der Waals surface area contributed by atoms with Gasteiger partial charge in [0, 0.05) is 12.7 Å². The molecule has 78 valence electrons. The average Bonchev–Trinajstić information content (AvgIpc) is 2.41. The SMILES string of the molecule is Cn1c(=O)[nH]c2cc(N)cc(C(=O)O)c21. The first-order chi connectivity index (χ1) is 7.00. The molecule has 4 N–H and O–H groups in total. The number of nitrogens with two attached hydrogens (primary N) is 1. The smallest absolute Gasteiger partial charge is 0.337 e. The number of benzene rings is 1. The molecule has 0 amide bonds. The number of aryl methyl sites for hydroxylation is 1. The van der Waals surface area contributed by atoms with E-state index in [1.807, 2.05) is 0 Å². The Bertz CT molecular complexity index is 609. The van der Waals surface area contributed by atoms with E-state index in [0.29, 0.717) is 16.7 Å². The van der Waals surface area contributed by atoms with Gasteiger partial charge in [-0.05, 0) is 12.1 Å². The van der Waals surface area contributed by atoms with Gasteiger partial charge < -0.3 is 15.8 Å². The fourth-order valence-electron chi connectivity index (χ4n) is 1.58. The van der Waals surface area contributed by atoms with Crippen LogP contribution in [0.2, 0.25) is 0 Å². The van der Waals surface area contributed by atoms with Gasteiger partial charge in [0.15, 0.2) is 0 Å². The second kappa shape index (κ2) is 2.88. The molecule has 2 rings (SSSR count). The molecule has 0 saturated carbocycles. The minimum Gasteiger partial charge on any atom is -0.478 e. The second-order valence-corrected chi connectivity index (χ2v) is 3.26. The topological polar surface area (TPSA) is 101 Å². The molecule has 1 aromatic heterocycles. The zero-order valence-corrected chi connectivity index (χ0v) is 7.94. The van der Waals surface area contributed by atoms with E-state index in [0.717, 1.165) is 0 Å². The quantitative estimate of drug-likeness (QED) is 0.579. The molecule has 0 aliphatic rings. The average molecular weight is 207 g/mol. The Labute approximate surface area is 83.9 Å². The molecule has 0 atom stereocenters. The van der Waals surface area contributed by atoms with Crippen molar-refractivity contribution in [3.8, 4) is 0 Å². The number of fused-ring (bicyclic) bond motifs is 1. The number of hydrogen-bond acceptors (Lipinski definition) is 3. The maximum absolute atomic E-state index is 11.3. The summed E-state index contributed by atoms with van der Waals surface area (Å²) in [7, 11) is 1.50. The number of aromatic nitrogens is 2. The highest BCUT2D eigenvalue weighted by molar-refractivity contribution is 6.02. The van der Waals surface area contributed by atoms with Gasteiger partial charge in [0.2, 0.25) is 0 Å². The molecule has 15 heavy (non-hydrogen) atoms. The van der Waals surface area contributed by atoms with Gasteiger partial charge in [-0.25, -0.2) is 9.59 Å². The number of nitrogens with one attached hydrogen (secondary N) is 1. The molecule has 0 fully saturated rings. The molecule has 6 nitrogen and oxygen atoms in total. The van der Waals surface area contributed by atoms with Gasteiger partial charge >= 0.3 is 11.7 Å². The van der Waals surface area contributed by atoms with Crippen molar-refractivity contribution in [3.63, 3.8) is 0 Å². The summed E-state index contributed by atoms with van der Waals surface area (Å²) in [5.41, 5.74) is 6.27. The van der Waals surface area contributed by atoms with Crippen molar-refractivity contribution in [2.24, 2.45) is 7.05 Å². The van der Waals surface area contributed by atoms with Crippen LogP contribution in [-0.2, 0) is 7.05 Å². The Morgan fingerprint density at radius 2 is 2.20 bits per heavy atom. The minimum absolute atomic E-state index is 0.0193. The first-order valence-electron chi connectivity index (χ1n) is 4.22. The Kier molecular flexibility index (Phi) is 1.79. The number of imidazole rings is 1. The molecule has 1 aromatic carbocycles. The highest BCUT2D eigenvalue weighted by atomic mass is 16.4. The fraction of sp³-hybridized carbons (Fsp3) is 0.111. The lowest BCUT2D eigenvalue weighted by molar-refractivity contribution is 0.0698. The predicted octanol–water partition coefficient (Wildman–Crippen LogP) is 0.147. The third kappa shape index (κ3) is 1.26. The number of carbonyl (C=O) groups is 1. The number of anilines is 1. The summed E-state index contributed by atoms with van der Waals surface area (Å²) in [6, 6.07) is 2.86. The van der Waals surface area contributed by atoms with Crippen molar-refractivity contribution in [2.75, 3.05) is 5.73 Å². The third-order valence-electron chi connectivity index (χ3n) is 2.24. The van der Waals surface area contributed by atoms with Gasteiger partial charge in [-0.1, -0.05) is 0 Å². The normalized spacial score (nSPS) is 10.7. The molecule has 0 radical (unpaired) electrons. The summed E-state index contributed by atoms with van der Waals surface area (Å²) in [6.07, 6.45) is 0. The van der Waals surface area contributed by atoms with Gasteiger partial charge in [0.05, 0.1) is 16.6 Å². The number of carboxylic acids is 1. The van der Waals surface area contributed by atoms with Gasteiger partial charge in [-0.15, -0.1) is 0 Å². The fourth-order valence-corrected chi connectivity index (χ4v) is 1.58. The van der Waals surface area contributed by atoms with Gasteiger partial charge in [0.1, 0.15) is 0 Å². The summed E-state index contributed by atoms with van der Waals surface area (Å²) in [6.45, 7) is 0. The highest BCUT2D eigenvalue weighted by Crippen LogP contribution is 2.19. The second-order valence-electron chi connectivity index (χ2n) is 3.26. The first-order valence-corrected chi connectivity index (χ1v) is 4.22. The zero-order chi connectivity index (χ0) is 11.2. The summed E-state index contributed by atoms with van der Waals surface area (Å²) in [5, 5.41) is 8.96. The monoisotopic (exact) mass is 207 g/mol. The largest absolute Gasteiger partial charge is 0.478 e. The molecule has 1 heterocycles. The van der Waals surface area contributed by atoms with E-state index in [9.17, 15) is 9.59 Å². The molecule has 0 aliphatic heterocycles. The van der Waals surface area contributed by atoms with Crippen LogP contribution in [0.4, 0.5) is 5.69 Å². The molecular weight excluding hydrogens is 198 g/mol. The lowest BCUT2D eigenvalue weighted by Crippen LogP contribution is -2.13. The molecule has 0 saturated heterocycles. The Hall–Kier alpha value is -2.24. The summed E-state index contributed by atoms with van der Waals surface area (Å²) >= 11 is 0. The van der Waals surface area contributed by atoms with Crippen molar-refractivity contribution in [3.05, 3.63) is 28.2 Å². The summed E-state index contributed by atoms with van der Waals surface area (Å²) < 4.78 is 1.25. The minimum atomic E-state index is -1.11. The number of hydrogen-bond donors (Lipinski definition) is 3. The number of aromatic carboxylic acids is 1.